The molecule has 1 N–H and O–H groups in total. The second-order valence-electron chi connectivity index (χ2n) is 9.17. The maximum Gasteiger partial charge on any atom is 0.226 e. The van der Waals surface area contributed by atoms with Crippen LogP contribution in [0.4, 0.5) is 11.5 Å². The Labute approximate surface area is 190 Å². The van der Waals surface area contributed by atoms with Gasteiger partial charge in [-0.2, -0.15) is 9.97 Å². The molecule has 0 spiro atoms. The number of benzene rings is 1. The van der Waals surface area contributed by atoms with Gasteiger partial charge >= 0.3 is 0 Å². The van der Waals surface area contributed by atoms with Gasteiger partial charge in [0, 0.05) is 26.2 Å². The molecule has 0 saturated carbocycles. The third kappa shape index (κ3) is 6.07. The van der Waals surface area contributed by atoms with Crippen molar-refractivity contribution >= 4 is 60.7 Å². The van der Waals surface area contributed by atoms with E-state index in [4.69, 9.17) is 16.3 Å². The SMILES string of the molecule is C=Cc1ccc(P(C)(C)=O)c(Nc2nc(Cl)nc3c2ccn3COCC[Si](C)(C)C)c1. The van der Waals surface area contributed by atoms with Crippen LogP contribution in [0.1, 0.15) is 5.56 Å². The maximum atomic E-state index is 12.8. The summed E-state index contributed by atoms with van der Waals surface area (Å²) in [7, 11) is -3.66. The van der Waals surface area contributed by atoms with Crippen LogP contribution >= 0.6 is 18.7 Å². The summed E-state index contributed by atoms with van der Waals surface area (Å²) in [5.74, 6) is 0.562. The fraction of sp³-hybridized carbons (Fsp3) is 0.364. The van der Waals surface area contributed by atoms with Crippen molar-refractivity contribution in [1.29, 1.82) is 0 Å². The summed E-state index contributed by atoms with van der Waals surface area (Å²) in [4.78, 5) is 8.80. The maximum absolute atomic E-state index is 12.8. The molecule has 0 radical (unpaired) electrons. The molecule has 0 aliphatic carbocycles. The number of halogens is 1. The van der Waals surface area contributed by atoms with Crippen molar-refractivity contribution in [2.45, 2.75) is 32.4 Å². The Hall–Kier alpha value is -1.92. The zero-order chi connectivity index (χ0) is 22.8. The fourth-order valence-electron chi connectivity index (χ4n) is 3.16. The van der Waals surface area contributed by atoms with E-state index in [0.29, 0.717) is 18.2 Å². The Bertz CT molecular complexity index is 1150. The first kappa shape index (κ1) is 23.7. The molecule has 6 nitrogen and oxygen atoms in total. The molecule has 31 heavy (non-hydrogen) atoms. The molecule has 2 aromatic heterocycles. The van der Waals surface area contributed by atoms with Gasteiger partial charge in [0.05, 0.1) is 11.1 Å². The quantitative estimate of drug-likeness (QED) is 0.177. The predicted octanol–water partition coefficient (Wildman–Crippen LogP) is 6.03. The van der Waals surface area contributed by atoms with Crippen molar-refractivity contribution in [2.75, 3.05) is 25.3 Å². The summed E-state index contributed by atoms with van der Waals surface area (Å²) in [6.07, 6.45) is 3.67. The van der Waals surface area contributed by atoms with Crippen molar-refractivity contribution in [3.63, 3.8) is 0 Å². The number of hydrogen-bond donors (Lipinski definition) is 1. The standard InChI is InChI=1S/C22H30ClN4O2PSi/c1-7-16-8-9-19(30(2,3)28)18(14-16)24-20-17-10-11-27(21(17)26-22(23)25-20)15-29-12-13-31(4,5)6/h7-11,14H,1,12-13,15H2,2-6H3,(H,24,25,26). The van der Waals surface area contributed by atoms with E-state index in [0.717, 1.165) is 34.6 Å². The van der Waals surface area contributed by atoms with E-state index < -0.39 is 15.2 Å². The molecule has 0 bridgehead atoms. The lowest BCUT2D eigenvalue weighted by Crippen LogP contribution is -2.22. The Kier molecular flexibility index (Phi) is 7.11. The number of aromatic nitrogens is 3. The average Bonchev–Trinajstić information content (AvgIpc) is 3.06. The third-order valence-corrected chi connectivity index (χ3v) is 8.33. The van der Waals surface area contributed by atoms with Crippen LogP contribution in [0.5, 0.6) is 0 Å². The molecule has 0 atom stereocenters. The van der Waals surface area contributed by atoms with Crippen LogP contribution in [0.3, 0.4) is 0 Å². The van der Waals surface area contributed by atoms with Gasteiger partial charge in [-0.15, -0.1) is 0 Å². The van der Waals surface area contributed by atoms with Crippen LogP contribution in [0, 0.1) is 0 Å². The van der Waals surface area contributed by atoms with Gasteiger partial charge in [-0.1, -0.05) is 38.4 Å². The van der Waals surface area contributed by atoms with Gasteiger partial charge in [0.25, 0.3) is 0 Å². The van der Waals surface area contributed by atoms with E-state index >= 15 is 0 Å². The summed E-state index contributed by atoms with van der Waals surface area (Å²) in [5.41, 5.74) is 2.33. The largest absolute Gasteiger partial charge is 0.361 e. The van der Waals surface area contributed by atoms with E-state index in [2.05, 4.69) is 41.5 Å². The zero-order valence-electron chi connectivity index (χ0n) is 18.8. The fourth-order valence-corrected chi connectivity index (χ4v) is 5.21. The molecule has 3 rings (SSSR count). The van der Waals surface area contributed by atoms with Gasteiger partial charge in [-0.05, 0) is 54.7 Å². The Morgan fingerprint density at radius 3 is 2.65 bits per heavy atom. The molecule has 0 aliphatic rings. The highest BCUT2D eigenvalue weighted by Crippen LogP contribution is 2.39. The Morgan fingerprint density at radius 2 is 2.00 bits per heavy atom. The van der Waals surface area contributed by atoms with Crippen LogP contribution in [-0.4, -0.2) is 42.5 Å². The Morgan fingerprint density at radius 1 is 1.26 bits per heavy atom. The molecular formula is C22H30ClN4O2PSi. The van der Waals surface area contributed by atoms with E-state index in [1.54, 1.807) is 19.4 Å². The van der Waals surface area contributed by atoms with Gasteiger partial charge in [-0.25, -0.2) is 0 Å². The predicted molar refractivity (Wildman–Crippen MR) is 136 cm³/mol. The molecule has 0 fully saturated rings. The first-order valence-corrected chi connectivity index (χ1v) is 16.9. The Balaban J connectivity index is 1.93. The minimum absolute atomic E-state index is 0.134. The number of rotatable bonds is 9. The van der Waals surface area contributed by atoms with E-state index in [1.165, 1.54) is 0 Å². The molecule has 0 aliphatic heterocycles. The highest BCUT2D eigenvalue weighted by molar-refractivity contribution is 7.70. The summed E-state index contributed by atoms with van der Waals surface area (Å²) in [6.45, 7) is 15.4. The van der Waals surface area contributed by atoms with Crippen molar-refractivity contribution in [3.05, 3.63) is 47.9 Å². The monoisotopic (exact) mass is 476 g/mol. The topological polar surface area (TPSA) is 69.0 Å². The van der Waals surface area contributed by atoms with E-state index in [1.807, 2.05) is 35.0 Å². The van der Waals surface area contributed by atoms with Gasteiger partial charge in [-0.3, -0.25) is 0 Å². The summed E-state index contributed by atoms with van der Waals surface area (Å²) < 4.78 is 20.6. The second-order valence-corrected chi connectivity index (χ2v) is 18.3. The molecule has 0 saturated heterocycles. The normalized spacial score (nSPS) is 12.3. The van der Waals surface area contributed by atoms with Crippen molar-refractivity contribution in [3.8, 4) is 0 Å². The number of nitrogens with one attached hydrogen (secondary N) is 1. The lowest BCUT2D eigenvalue weighted by atomic mass is 10.2. The van der Waals surface area contributed by atoms with Crippen LogP contribution < -0.4 is 10.6 Å². The average molecular weight is 477 g/mol. The molecule has 3 aromatic rings. The van der Waals surface area contributed by atoms with Crippen molar-refractivity contribution in [1.82, 2.24) is 14.5 Å². The van der Waals surface area contributed by atoms with Crippen LogP contribution in [0.2, 0.25) is 31.0 Å². The summed E-state index contributed by atoms with van der Waals surface area (Å²) in [6, 6.07) is 8.73. The summed E-state index contributed by atoms with van der Waals surface area (Å²) in [5, 5.41) is 5.03. The zero-order valence-corrected chi connectivity index (χ0v) is 21.4. The van der Waals surface area contributed by atoms with Crippen molar-refractivity contribution < 1.29 is 9.30 Å². The van der Waals surface area contributed by atoms with Crippen molar-refractivity contribution in [2.24, 2.45) is 0 Å². The minimum atomic E-state index is -2.52. The van der Waals surface area contributed by atoms with Gasteiger partial charge < -0.3 is 19.2 Å². The highest BCUT2D eigenvalue weighted by atomic mass is 35.5. The van der Waals surface area contributed by atoms with Gasteiger partial charge in [0.1, 0.15) is 25.3 Å². The first-order chi connectivity index (χ1) is 14.5. The van der Waals surface area contributed by atoms with Gasteiger partial charge in [0.15, 0.2) is 0 Å². The first-order valence-electron chi connectivity index (χ1n) is 10.2. The molecule has 0 amide bonds. The number of nitrogens with zero attached hydrogens (tertiary/aromatic N) is 3. The molecule has 1 aromatic carbocycles. The number of ether oxygens (including phenoxy) is 1. The van der Waals surface area contributed by atoms with Crippen LogP contribution in [0.15, 0.2) is 37.0 Å². The molecular weight excluding hydrogens is 447 g/mol. The van der Waals surface area contributed by atoms with Crippen LogP contribution in [-0.2, 0) is 16.0 Å². The minimum Gasteiger partial charge on any atom is -0.361 e. The molecule has 166 valence electrons. The lowest BCUT2D eigenvalue weighted by Gasteiger charge is -2.17. The number of anilines is 2. The van der Waals surface area contributed by atoms with Crippen LogP contribution in [0.25, 0.3) is 17.1 Å². The molecule has 0 unspecified atom stereocenters. The van der Waals surface area contributed by atoms with Gasteiger partial charge in [0.2, 0.25) is 5.28 Å². The summed E-state index contributed by atoms with van der Waals surface area (Å²) >= 11 is 6.25. The number of hydrogen-bond acceptors (Lipinski definition) is 5. The lowest BCUT2D eigenvalue weighted by molar-refractivity contribution is 0.0899. The number of fused-ring (bicyclic) bond motifs is 1. The smallest absolute Gasteiger partial charge is 0.226 e. The molecule has 9 heteroatoms. The van der Waals surface area contributed by atoms with E-state index in [9.17, 15) is 4.57 Å². The third-order valence-electron chi connectivity index (χ3n) is 4.91. The highest BCUT2D eigenvalue weighted by Gasteiger charge is 2.19. The van der Waals surface area contributed by atoms with E-state index in [-0.39, 0.29) is 5.28 Å². The second kappa shape index (κ2) is 9.29. The molecule has 2 heterocycles.